The number of benzene rings is 2. The van der Waals surface area contributed by atoms with E-state index in [4.69, 9.17) is 29.7 Å². The molecule has 0 saturated carbocycles. The fourth-order valence-electron chi connectivity index (χ4n) is 4.54. The highest BCUT2D eigenvalue weighted by Gasteiger charge is 2.23. The molecule has 0 radical (unpaired) electrons. The number of fused-ring (bicyclic) bond motifs is 1. The number of alkyl halides is 1. The van der Waals surface area contributed by atoms with Crippen molar-refractivity contribution in [2.24, 2.45) is 0 Å². The van der Waals surface area contributed by atoms with Gasteiger partial charge in [-0.3, -0.25) is 4.55 Å². The summed E-state index contributed by atoms with van der Waals surface area (Å²) < 4.78 is 63.7. The summed E-state index contributed by atoms with van der Waals surface area (Å²) >= 11 is -2.28. The van der Waals surface area contributed by atoms with Crippen molar-refractivity contribution in [1.82, 2.24) is 24.7 Å². The average molecular weight is 572 g/mol. The zero-order chi connectivity index (χ0) is 28.2. The number of halogens is 2. The number of nitrogen functional groups attached to an aromatic ring is 1. The lowest BCUT2D eigenvalue weighted by Gasteiger charge is -2.29. The Morgan fingerprint density at radius 2 is 1.95 bits per heavy atom. The highest BCUT2D eigenvalue weighted by Crippen LogP contribution is 2.39. The number of hydrogen-bond donors (Lipinski definition) is 3. The van der Waals surface area contributed by atoms with Gasteiger partial charge in [0.2, 0.25) is 17.2 Å². The van der Waals surface area contributed by atoms with Crippen molar-refractivity contribution < 1.29 is 27.0 Å². The Morgan fingerprint density at radius 3 is 2.65 bits per heavy atom. The molecule has 4 aromatic rings. The van der Waals surface area contributed by atoms with Crippen molar-refractivity contribution >= 4 is 33.9 Å². The maximum Gasteiger partial charge on any atom is 0.231 e. The van der Waals surface area contributed by atoms with Gasteiger partial charge in [-0.1, -0.05) is 18.2 Å². The molecule has 2 aromatic heterocycles. The number of rotatable bonds is 9. The van der Waals surface area contributed by atoms with Crippen LogP contribution in [0.5, 0.6) is 5.75 Å². The molecule has 11 nitrogen and oxygen atoms in total. The number of anilines is 2. The molecule has 5 rings (SSSR count). The number of morpholine rings is 1. The standard InChI is InChI=1S/C26H27F2N7O4S/c1-38-21-12-15(17-3-2-4-18(22(17)28)20(27)5-6-32-40(36)37)11-19-23(21)33-24(16-13-30-26(29)31-14-16)34-25(19)35-7-9-39-10-8-35/h2-4,11-14,20,32H,5-10H2,1H3,(H,36,37)(H2,29,30,31). The van der Waals surface area contributed by atoms with E-state index in [0.29, 0.717) is 65.7 Å². The predicted octanol–water partition coefficient (Wildman–Crippen LogP) is 3.45. The summed E-state index contributed by atoms with van der Waals surface area (Å²) in [5.41, 5.74) is 7.18. The number of aromatic nitrogens is 4. The first-order valence-electron chi connectivity index (χ1n) is 12.4. The van der Waals surface area contributed by atoms with E-state index in [9.17, 15) is 8.60 Å². The molecule has 4 N–H and O–H groups in total. The molecule has 1 aliphatic rings. The summed E-state index contributed by atoms with van der Waals surface area (Å²) in [7, 11) is 1.49. The molecule has 2 unspecified atom stereocenters. The first-order valence-corrected chi connectivity index (χ1v) is 13.5. The molecule has 210 valence electrons. The minimum absolute atomic E-state index is 0.0978. The van der Waals surface area contributed by atoms with Gasteiger partial charge in [-0.25, -0.2) is 37.6 Å². The van der Waals surface area contributed by atoms with Gasteiger partial charge in [-0.05, 0) is 24.1 Å². The minimum atomic E-state index is -2.28. The van der Waals surface area contributed by atoms with Gasteiger partial charge in [0.05, 0.1) is 25.9 Å². The second-order valence-electron chi connectivity index (χ2n) is 8.98. The van der Waals surface area contributed by atoms with E-state index < -0.39 is 23.3 Å². The van der Waals surface area contributed by atoms with Gasteiger partial charge in [0.1, 0.15) is 29.1 Å². The van der Waals surface area contributed by atoms with Gasteiger partial charge < -0.3 is 20.1 Å². The molecule has 1 fully saturated rings. The maximum atomic E-state index is 15.7. The van der Waals surface area contributed by atoms with Crippen LogP contribution in [0.25, 0.3) is 33.4 Å². The summed E-state index contributed by atoms with van der Waals surface area (Å²) in [6.07, 6.45) is 1.21. The third-order valence-corrected chi connectivity index (χ3v) is 6.96. The highest BCUT2D eigenvalue weighted by molar-refractivity contribution is 7.77. The van der Waals surface area contributed by atoms with E-state index in [1.807, 2.05) is 0 Å². The van der Waals surface area contributed by atoms with Crippen molar-refractivity contribution in [2.45, 2.75) is 12.6 Å². The molecular formula is C26H27F2N7O4S. The van der Waals surface area contributed by atoms with Gasteiger partial charge in [0.15, 0.2) is 5.82 Å². The monoisotopic (exact) mass is 571 g/mol. The van der Waals surface area contributed by atoms with Crippen molar-refractivity contribution in [3.05, 3.63) is 54.1 Å². The number of ether oxygens (including phenoxy) is 2. The van der Waals surface area contributed by atoms with Crippen LogP contribution in [0.4, 0.5) is 20.5 Å². The Morgan fingerprint density at radius 1 is 1.20 bits per heavy atom. The van der Waals surface area contributed by atoms with Crippen LogP contribution in [-0.2, 0) is 16.0 Å². The molecule has 40 heavy (non-hydrogen) atoms. The van der Waals surface area contributed by atoms with E-state index in [-0.39, 0.29) is 30.0 Å². The highest BCUT2D eigenvalue weighted by atomic mass is 32.2. The zero-order valence-corrected chi connectivity index (χ0v) is 22.3. The molecule has 0 aliphatic carbocycles. The molecule has 14 heteroatoms. The Bertz CT molecular complexity index is 1540. The summed E-state index contributed by atoms with van der Waals surface area (Å²) in [6, 6.07) is 7.90. The quantitative estimate of drug-likeness (QED) is 0.255. The Hall–Kier alpha value is -3.85. The Labute approximate surface area is 231 Å². The average Bonchev–Trinajstić information content (AvgIpc) is 2.96. The molecule has 1 aliphatic heterocycles. The van der Waals surface area contributed by atoms with Crippen molar-refractivity contribution in [3.8, 4) is 28.3 Å². The van der Waals surface area contributed by atoms with Gasteiger partial charge in [-0.2, -0.15) is 0 Å². The van der Waals surface area contributed by atoms with Crippen LogP contribution >= 0.6 is 0 Å². The summed E-state index contributed by atoms with van der Waals surface area (Å²) in [5.74, 6) is 0.734. The fourth-order valence-corrected chi connectivity index (χ4v) is 4.83. The summed E-state index contributed by atoms with van der Waals surface area (Å²) in [5, 5.41) is 0.618. The third kappa shape index (κ3) is 5.84. The molecule has 0 amide bonds. The number of nitrogens with two attached hydrogens (primary N) is 1. The molecule has 2 atom stereocenters. The summed E-state index contributed by atoms with van der Waals surface area (Å²) in [6.45, 7) is 2.08. The fraction of sp³-hybridized carbons (Fsp3) is 0.308. The van der Waals surface area contributed by atoms with E-state index in [0.717, 1.165) is 0 Å². The maximum absolute atomic E-state index is 15.7. The van der Waals surface area contributed by atoms with E-state index in [1.54, 1.807) is 24.3 Å². The lowest BCUT2D eigenvalue weighted by atomic mass is 9.97. The third-order valence-electron chi connectivity index (χ3n) is 6.51. The van der Waals surface area contributed by atoms with E-state index in [1.165, 1.54) is 25.6 Å². The largest absolute Gasteiger partial charge is 0.494 e. The van der Waals surface area contributed by atoms with Crippen molar-refractivity contribution in [1.29, 1.82) is 0 Å². The second kappa shape index (κ2) is 12.1. The molecule has 0 bridgehead atoms. The predicted molar refractivity (Wildman–Crippen MR) is 147 cm³/mol. The lowest BCUT2D eigenvalue weighted by molar-refractivity contribution is 0.122. The number of nitrogens with one attached hydrogen (secondary N) is 1. The van der Waals surface area contributed by atoms with Gasteiger partial charge >= 0.3 is 0 Å². The van der Waals surface area contributed by atoms with Crippen LogP contribution in [0.3, 0.4) is 0 Å². The summed E-state index contributed by atoms with van der Waals surface area (Å²) in [4.78, 5) is 19.7. The van der Waals surface area contributed by atoms with Crippen molar-refractivity contribution in [2.75, 3.05) is 50.6 Å². The zero-order valence-electron chi connectivity index (χ0n) is 21.5. The number of nitrogens with zero attached hydrogens (tertiary/aromatic N) is 5. The van der Waals surface area contributed by atoms with Crippen LogP contribution in [-0.4, -0.2) is 68.7 Å². The SMILES string of the molecule is COc1cc(-c2cccc(C(F)CCNS(=O)O)c2F)cc2c(N3CCOCC3)nc(-c3cnc(N)nc3)nc12. The molecule has 1 saturated heterocycles. The van der Waals surface area contributed by atoms with Gasteiger partial charge in [-0.15, -0.1) is 0 Å². The first-order chi connectivity index (χ1) is 19.4. The Kier molecular flexibility index (Phi) is 8.40. The molecular weight excluding hydrogens is 544 g/mol. The number of methoxy groups -OCH3 is 1. The molecule has 3 heterocycles. The van der Waals surface area contributed by atoms with E-state index >= 15 is 4.39 Å². The smallest absolute Gasteiger partial charge is 0.231 e. The van der Waals surface area contributed by atoms with Crippen LogP contribution in [0, 0.1) is 5.82 Å². The Balaban J connectivity index is 1.64. The number of hydrogen-bond acceptors (Lipinski definition) is 9. The van der Waals surface area contributed by atoms with Crippen LogP contribution in [0.15, 0.2) is 42.7 Å². The van der Waals surface area contributed by atoms with Crippen LogP contribution in [0.2, 0.25) is 0 Å². The topological polar surface area (TPSA) is 149 Å². The normalized spacial score (nSPS) is 15.2. The second-order valence-corrected chi connectivity index (χ2v) is 9.77. The van der Waals surface area contributed by atoms with Crippen LogP contribution in [0.1, 0.15) is 18.2 Å². The molecule has 0 spiro atoms. The van der Waals surface area contributed by atoms with Gasteiger partial charge in [0, 0.05) is 48.5 Å². The van der Waals surface area contributed by atoms with Gasteiger partial charge in [0.25, 0.3) is 0 Å². The van der Waals surface area contributed by atoms with E-state index in [2.05, 4.69) is 19.6 Å². The van der Waals surface area contributed by atoms with Crippen molar-refractivity contribution in [3.63, 3.8) is 0 Å². The lowest BCUT2D eigenvalue weighted by Crippen LogP contribution is -2.37. The first kappa shape index (κ1) is 27.7. The minimum Gasteiger partial charge on any atom is -0.494 e. The molecule has 2 aromatic carbocycles. The van der Waals surface area contributed by atoms with Crippen LogP contribution < -0.4 is 20.1 Å².